The van der Waals surface area contributed by atoms with E-state index in [1.165, 1.54) is 12.1 Å². The van der Waals surface area contributed by atoms with Crippen LogP contribution in [-0.4, -0.2) is 32.6 Å². The van der Waals surface area contributed by atoms with E-state index in [4.69, 9.17) is 0 Å². The van der Waals surface area contributed by atoms with Crippen molar-refractivity contribution in [2.24, 2.45) is 5.41 Å². The number of hydrogen-bond donors (Lipinski definition) is 1. The van der Waals surface area contributed by atoms with Crippen molar-refractivity contribution in [1.82, 2.24) is 5.32 Å². The summed E-state index contributed by atoms with van der Waals surface area (Å²) in [6, 6.07) is 7.01. The summed E-state index contributed by atoms with van der Waals surface area (Å²) >= 11 is 0. The third-order valence-electron chi connectivity index (χ3n) is 4.84. The summed E-state index contributed by atoms with van der Waals surface area (Å²) in [6.07, 6.45) is 3.90. The second-order valence-electron chi connectivity index (χ2n) is 6.71. The van der Waals surface area contributed by atoms with E-state index < -0.39 is 16.4 Å². The average Bonchev–Trinajstić information content (AvgIpc) is 2.46. The molecule has 2 fully saturated rings. The molecule has 1 heterocycles. The zero-order chi connectivity index (χ0) is 16.5. The zero-order valence-electron chi connectivity index (χ0n) is 12.8. The van der Waals surface area contributed by atoms with Crippen LogP contribution >= 0.6 is 0 Å². The molecule has 0 aromatic heterocycles. The van der Waals surface area contributed by atoms with Crippen molar-refractivity contribution >= 4 is 9.84 Å². The lowest BCUT2D eigenvalue weighted by molar-refractivity contribution is -0.0498. The van der Waals surface area contributed by atoms with Crippen molar-refractivity contribution in [1.29, 1.82) is 0 Å². The molecule has 0 unspecified atom stereocenters. The van der Waals surface area contributed by atoms with Crippen molar-refractivity contribution < 1.29 is 21.9 Å². The minimum absolute atomic E-state index is 0.0469. The standard InChI is InChI=1S/C16H21F2NO3S/c17-15(18)22-14-3-1-12(2-4-14)9-19-13-5-7-16(8-6-13)10-23(20,21)11-16/h1-4,13,15,19H,5-11H2. The summed E-state index contributed by atoms with van der Waals surface area (Å²) in [7, 11) is -2.76. The number of rotatable bonds is 5. The molecule has 0 atom stereocenters. The van der Waals surface area contributed by atoms with Gasteiger partial charge in [0, 0.05) is 12.6 Å². The van der Waals surface area contributed by atoms with Crippen molar-refractivity contribution in [3.8, 4) is 5.75 Å². The van der Waals surface area contributed by atoms with Crippen LogP contribution in [0.4, 0.5) is 8.78 Å². The molecule has 0 bridgehead atoms. The Kier molecular flexibility index (Phi) is 4.60. The van der Waals surface area contributed by atoms with Crippen LogP contribution in [0.15, 0.2) is 24.3 Å². The Balaban J connectivity index is 1.43. The van der Waals surface area contributed by atoms with Gasteiger partial charge in [-0.15, -0.1) is 0 Å². The molecule has 1 aromatic rings. The molecule has 3 rings (SSSR count). The minimum atomic E-state index is -2.80. The van der Waals surface area contributed by atoms with Gasteiger partial charge in [0.2, 0.25) is 0 Å². The molecule has 1 aromatic carbocycles. The zero-order valence-corrected chi connectivity index (χ0v) is 13.6. The summed E-state index contributed by atoms with van der Waals surface area (Å²) < 4.78 is 51.2. The van der Waals surface area contributed by atoms with Crippen molar-refractivity contribution in [2.45, 2.75) is 44.9 Å². The molecular weight excluding hydrogens is 324 g/mol. The van der Waals surface area contributed by atoms with E-state index in [0.29, 0.717) is 24.1 Å². The van der Waals surface area contributed by atoms with Gasteiger partial charge < -0.3 is 10.1 Å². The first-order valence-corrected chi connectivity index (χ1v) is 9.66. The summed E-state index contributed by atoms with van der Waals surface area (Å²) in [5.74, 6) is 0.881. The maximum atomic E-state index is 12.1. The van der Waals surface area contributed by atoms with Crippen LogP contribution in [-0.2, 0) is 16.4 Å². The molecule has 23 heavy (non-hydrogen) atoms. The van der Waals surface area contributed by atoms with Gasteiger partial charge in [0.15, 0.2) is 9.84 Å². The van der Waals surface area contributed by atoms with Crippen LogP contribution in [0.2, 0.25) is 0 Å². The first-order valence-electron chi connectivity index (χ1n) is 7.83. The Labute approximate surface area is 135 Å². The molecule has 1 saturated heterocycles. The van der Waals surface area contributed by atoms with Gasteiger partial charge in [0.05, 0.1) is 11.5 Å². The molecule has 1 aliphatic heterocycles. The number of benzene rings is 1. The fourth-order valence-corrected chi connectivity index (χ4v) is 6.02. The van der Waals surface area contributed by atoms with Gasteiger partial charge in [-0.25, -0.2) is 8.42 Å². The highest BCUT2D eigenvalue weighted by atomic mass is 32.2. The third kappa shape index (κ3) is 4.20. The van der Waals surface area contributed by atoms with Crippen LogP contribution in [0.5, 0.6) is 5.75 Å². The maximum Gasteiger partial charge on any atom is 0.387 e. The Morgan fingerprint density at radius 3 is 2.30 bits per heavy atom. The lowest BCUT2D eigenvalue weighted by Gasteiger charge is -2.46. The summed E-state index contributed by atoms with van der Waals surface area (Å²) in [4.78, 5) is 0. The number of halogens is 2. The third-order valence-corrected chi connectivity index (χ3v) is 6.95. The first kappa shape index (κ1) is 16.6. The number of sulfone groups is 1. The molecule has 1 spiro atoms. The molecule has 1 saturated carbocycles. The molecule has 2 aliphatic rings. The predicted molar refractivity (Wildman–Crippen MR) is 83.3 cm³/mol. The second-order valence-corrected chi connectivity index (χ2v) is 8.77. The highest BCUT2D eigenvalue weighted by molar-refractivity contribution is 7.92. The van der Waals surface area contributed by atoms with E-state index >= 15 is 0 Å². The van der Waals surface area contributed by atoms with Gasteiger partial charge in [-0.1, -0.05) is 12.1 Å². The number of nitrogens with one attached hydrogen (secondary N) is 1. The fourth-order valence-electron chi connectivity index (χ4n) is 3.66. The topological polar surface area (TPSA) is 55.4 Å². The lowest BCUT2D eigenvalue weighted by Crippen LogP contribution is -2.52. The number of ether oxygens (including phenoxy) is 1. The molecule has 0 radical (unpaired) electrons. The smallest absolute Gasteiger partial charge is 0.387 e. The van der Waals surface area contributed by atoms with Gasteiger partial charge in [0.25, 0.3) is 0 Å². The summed E-state index contributed by atoms with van der Waals surface area (Å²) in [6.45, 7) is -2.13. The quantitative estimate of drug-likeness (QED) is 0.892. The molecule has 7 heteroatoms. The highest BCUT2D eigenvalue weighted by Gasteiger charge is 2.49. The van der Waals surface area contributed by atoms with Gasteiger partial charge in [0.1, 0.15) is 5.75 Å². The summed E-state index contributed by atoms with van der Waals surface area (Å²) in [5, 5.41) is 3.47. The van der Waals surface area contributed by atoms with Crippen LogP contribution < -0.4 is 10.1 Å². The average molecular weight is 345 g/mol. The monoisotopic (exact) mass is 345 g/mol. The highest BCUT2D eigenvalue weighted by Crippen LogP contribution is 2.45. The van der Waals surface area contributed by atoms with E-state index in [-0.39, 0.29) is 11.2 Å². The van der Waals surface area contributed by atoms with Crippen molar-refractivity contribution in [3.63, 3.8) is 0 Å². The van der Waals surface area contributed by atoms with Gasteiger partial charge in [-0.2, -0.15) is 8.78 Å². The van der Waals surface area contributed by atoms with Gasteiger partial charge >= 0.3 is 6.61 Å². The number of alkyl halides is 2. The van der Waals surface area contributed by atoms with Crippen LogP contribution in [0, 0.1) is 5.41 Å². The Bertz CT molecular complexity index is 624. The Hall–Kier alpha value is -1.21. The van der Waals surface area contributed by atoms with E-state index in [0.717, 1.165) is 31.2 Å². The molecule has 4 nitrogen and oxygen atoms in total. The lowest BCUT2D eigenvalue weighted by atomic mass is 9.74. The fraction of sp³-hybridized carbons (Fsp3) is 0.625. The van der Waals surface area contributed by atoms with Crippen LogP contribution in [0.3, 0.4) is 0 Å². The van der Waals surface area contributed by atoms with Crippen LogP contribution in [0.1, 0.15) is 31.2 Å². The predicted octanol–water partition coefficient (Wildman–Crippen LogP) is 2.74. The van der Waals surface area contributed by atoms with Gasteiger partial charge in [-0.3, -0.25) is 0 Å². The Morgan fingerprint density at radius 2 is 1.78 bits per heavy atom. The van der Waals surface area contributed by atoms with Crippen LogP contribution in [0.25, 0.3) is 0 Å². The van der Waals surface area contributed by atoms with E-state index in [1.807, 2.05) is 0 Å². The maximum absolute atomic E-state index is 12.1. The second kappa shape index (κ2) is 6.36. The molecule has 1 aliphatic carbocycles. The van der Waals surface area contributed by atoms with E-state index in [2.05, 4.69) is 10.1 Å². The van der Waals surface area contributed by atoms with Gasteiger partial charge in [-0.05, 0) is 48.8 Å². The van der Waals surface area contributed by atoms with Crippen molar-refractivity contribution in [2.75, 3.05) is 11.5 Å². The molecule has 0 amide bonds. The minimum Gasteiger partial charge on any atom is -0.435 e. The molecule has 128 valence electrons. The largest absolute Gasteiger partial charge is 0.435 e. The normalized spacial score (nSPS) is 22.9. The SMILES string of the molecule is O=S1(=O)CC2(CCC(NCc3ccc(OC(F)F)cc3)CC2)C1. The van der Waals surface area contributed by atoms with Crippen molar-refractivity contribution in [3.05, 3.63) is 29.8 Å². The molecular formula is C16H21F2NO3S. The summed E-state index contributed by atoms with van der Waals surface area (Å²) in [5.41, 5.74) is 1.06. The number of hydrogen-bond acceptors (Lipinski definition) is 4. The van der Waals surface area contributed by atoms with E-state index in [9.17, 15) is 17.2 Å². The first-order chi connectivity index (χ1) is 10.9. The Morgan fingerprint density at radius 1 is 1.17 bits per heavy atom. The molecule has 1 N–H and O–H groups in total. The van der Waals surface area contributed by atoms with E-state index in [1.54, 1.807) is 12.1 Å².